The fraction of sp³-hybridized carbons (Fsp3) is 0.227. The Bertz CT molecular complexity index is 2060. The third kappa shape index (κ3) is 9.05. The van der Waals surface area contributed by atoms with Gasteiger partial charge in [0.15, 0.2) is 23.0 Å². The van der Waals surface area contributed by atoms with Gasteiger partial charge in [0.25, 0.3) is 0 Å². The van der Waals surface area contributed by atoms with Crippen LogP contribution in [0.1, 0.15) is 29.5 Å². The van der Waals surface area contributed by atoms with Crippen molar-refractivity contribution >= 4 is 5.57 Å². The summed E-state index contributed by atoms with van der Waals surface area (Å²) in [6.07, 6.45) is 5.46. The first-order valence-corrected chi connectivity index (χ1v) is 17.4. The Hall–Kier alpha value is -5.78. The van der Waals surface area contributed by atoms with Crippen molar-refractivity contribution in [3.63, 3.8) is 0 Å². The van der Waals surface area contributed by atoms with Crippen molar-refractivity contribution in [1.29, 1.82) is 0 Å². The van der Waals surface area contributed by atoms with E-state index in [2.05, 4.69) is 6.08 Å². The van der Waals surface area contributed by atoms with Crippen LogP contribution in [0.3, 0.4) is 0 Å². The first-order valence-electron chi connectivity index (χ1n) is 17.4. The van der Waals surface area contributed by atoms with Crippen molar-refractivity contribution in [3.8, 4) is 51.0 Å². The largest absolute Gasteiger partial charge is 0.493 e. The van der Waals surface area contributed by atoms with Crippen LogP contribution < -0.4 is 23.7 Å². The van der Waals surface area contributed by atoms with E-state index in [1.807, 2.05) is 97.1 Å². The molecule has 10 nitrogen and oxygen atoms in total. The number of aliphatic hydroxyl groups excluding tert-OH is 2. The average Bonchev–Trinajstić information content (AvgIpc) is 3.20. The zero-order valence-corrected chi connectivity index (χ0v) is 30.7. The summed E-state index contributed by atoms with van der Waals surface area (Å²) in [5, 5.41) is 22.1. The molecule has 0 radical (unpaired) electrons. The minimum Gasteiger partial charge on any atom is -0.493 e. The monoisotopic (exact) mass is 732 g/mol. The summed E-state index contributed by atoms with van der Waals surface area (Å²) >= 11 is 0. The zero-order chi connectivity index (χ0) is 37.9. The van der Waals surface area contributed by atoms with E-state index in [1.165, 1.54) is 14.2 Å². The molecule has 0 fully saturated rings. The van der Waals surface area contributed by atoms with E-state index in [1.54, 1.807) is 32.4 Å². The summed E-state index contributed by atoms with van der Waals surface area (Å²) in [5.74, 6) is 2.26. The number of allylic oxidation sites excluding steroid dienone is 4. The summed E-state index contributed by atoms with van der Waals surface area (Å²) in [6, 6.07) is 34.3. The highest BCUT2D eigenvalue weighted by atomic mass is 16.8. The molecule has 0 heterocycles. The Morgan fingerprint density at radius 2 is 1.06 bits per heavy atom. The van der Waals surface area contributed by atoms with Gasteiger partial charge >= 0.3 is 13.0 Å². The van der Waals surface area contributed by atoms with E-state index in [-0.39, 0.29) is 24.7 Å². The molecule has 10 heteroatoms. The van der Waals surface area contributed by atoms with Crippen molar-refractivity contribution in [3.05, 3.63) is 144 Å². The highest BCUT2D eigenvalue weighted by Crippen LogP contribution is 2.43. The molecule has 0 amide bonds. The number of aliphatic hydroxyl groups is 2. The lowest BCUT2D eigenvalue weighted by atomic mass is 9.98. The number of hydrogen-bond acceptors (Lipinski definition) is 10. The molecule has 2 N–H and O–H groups in total. The van der Waals surface area contributed by atoms with Crippen molar-refractivity contribution in [1.82, 2.24) is 0 Å². The number of benzene rings is 5. The lowest BCUT2D eigenvalue weighted by Crippen LogP contribution is -2.24. The van der Waals surface area contributed by atoms with E-state index >= 15 is 0 Å². The van der Waals surface area contributed by atoms with Crippen molar-refractivity contribution in [2.24, 2.45) is 0 Å². The van der Waals surface area contributed by atoms with Gasteiger partial charge in [-0.1, -0.05) is 91.0 Å². The topological polar surface area (TPSA) is 114 Å². The van der Waals surface area contributed by atoms with Crippen LogP contribution in [0.2, 0.25) is 0 Å². The summed E-state index contributed by atoms with van der Waals surface area (Å²) in [7, 11) is 6.16. The van der Waals surface area contributed by atoms with Gasteiger partial charge in [0, 0.05) is 42.9 Å². The van der Waals surface area contributed by atoms with Gasteiger partial charge in [-0.3, -0.25) is 0 Å². The molecule has 0 saturated heterocycles. The molecule has 2 unspecified atom stereocenters. The molecule has 54 heavy (non-hydrogen) atoms. The van der Waals surface area contributed by atoms with Crippen LogP contribution >= 0.6 is 0 Å². The minimum atomic E-state index is -1.67. The summed E-state index contributed by atoms with van der Waals surface area (Å²) in [6.45, 7) is -3.02. The molecule has 280 valence electrons. The number of rotatable bonds is 17. The SMILES string of the molecule is COCc1cc(-c2cc(COC)c(OC(O)Oc3ccccc3-c3ccccc3)c(OC)c2)cc(OC)c1OC(O)OC1=C(c2ccccc2)C=CCC1. The third-order valence-electron chi connectivity index (χ3n) is 8.72. The van der Waals surface area contributed by atoms with Crippen molar-refractivity contribution in [2.75, 3.05) is 28.4 Å². The zero-order valence-electron chi connectivity index (χ0n) is 30.7. The Morgan fingerprint density at radius 1 is 0.537 bits per heavy atom. The quantitative estimate of drug-likeness (QED) is 0.0903. The fourth-order valence-electron chi connectivity index (χ4n) is 6.30. The van der Waals surface area contributed by atoms with Crippen LogP contribution in [-0.2, 0) is 27.4 Å². The van der Waals surface area contributed by atoms with E-state index < -0.39 is 13.0 Å². The van der Waals surface area contributed by atoms with Gasteiger partial charge < -0.3 is 48.1 Å². The number of ether oxygens (including phenoxy) is 8. The maximum Gasteiger partial charge on any atom is 0.358 e. The summed E-state index contributed by atoms with van der Waals surface area (Å²) in [4.78, 5) is 0. The first-order chi connectivity index (χ1) is 26.4. The minimum absolute atomic E-state index is 0.135. The normalized spacial score (nSPS) is 13.6. The second-order valence-electron chi connectivity index (χ2n) is 12.3. The molecule has 1 aliphatic carbocycles. The second-order valence-corrected chi connectivity index (χ2v) is 12.3. The Balaban J connectivity index is 1.28. The van der Waals surface area contributed by atoms with Crippen molar-refractivity contribution in [2.45, 2.75) is 39.0 Å². The van der Waals surface area contributed by atoms with E-state index in [4.69, 9.17) is 37.9 Å². The average molecular weight is 733 g/mol. The fourth-order valence-corrected chi connectivity index (χ4v) is 6.30. The molecule has 5 aromatic carbocycles. The predicted molar refractivity (Wildman–Crippen MR) is 205 cm³/mol. The first kappa shape index (κ1) is 38.0. The maximum absolute atomic E-state index is 11.1. The van der Waals surface area contributed by atoms with Crippen molar-refractivity contribution < 1.29 is 48.1 Å². The molecule has 2 atom stereocenters. The van der Waals surface area contributed by atoms with Gasteiger partial charge in [-0.15, -0.1) is 0 Å². The molecule has 0 saturated carbocycles. The number of hydrogen-bond donors (Lipinski definition) is 2. The standard InChI is InChI=1S/C44H44O10/c1-47-27-33-23-31(25-39(49-3)41(33)53-43(45)51-37-21-13-11-19-35(37)29-15-7-5-8-16-29)32-24-34(28-48-2)42(40(26-32)50-4)54-44(46)52-38-22-14-12-20-36(38)30-17-9-6-10-18-30/h5-13,15-21,23-26,43-46H,14,22,27-28H2,1-4H3. The Morgan fingerprint density at radius 3 is 1.61 bits per heavy atom. The molecule has 0 aliphatic heterocycles. The van der Waals surface area contributed by atoms with Crippen LogP contribution in [0.15, 0.2) is 127 Å². The summed E-state index contributed by atoms with van der Waals surface area (Å²) < 4.78 is 46.5. The molecular weight excluding hydrogens is 688 g/mol. The van der Waals surface area contributed by atoms with Gasteiger partial charge in [-0.2, -0.15) is 0 Å². The molecule has 5 aromatic rings. The van der Waals surface area contributed by atoms with Crippen LogP contribution in [0.5, 0.6) is 28.7 Å². The Labute approximate surface area is 315 Å². The molecule has 0 spiro atoms. The van der Waals surface area contributed by atoms with E-state index in [0.717, 1.165) is 39.8 Å². The van der Waals surface area contributed by atoms with E-state index in [0.29, 0.717) is 40.6 Å². The number of methoxy groups -OCH3 is 4. The molecular formula is C44H44O10. The van der Waals surface area contributed by atoms with Gasteiger partial charge in [0.05, 0.1) is 27.4 Å². The van der Waals surface area contributed by atoms with Crippen LogP contribution in [0.4, 0.5) is 0 Å². The van der Waals surface area contributed by atoms with Gasteiger partial charge in [-0.05, 0) is 59.0 Å². The van der Waals surface area contributed by atoms with Gasteiger partial charge in [0.2, 0.25) is 0 Å². The second kappa shape index (κ2) is 18.3. The smallest absolute Gasteiger partial charge is 0.358 e. The lowest BCUT2D eigenvalue weighted by molar-refractivity contribution is -0.195. The van der Waals surface area contributed by atoms with Crippen LogP contribution in [0, 0.1) is 0 Å². The van der Waals surface area contributed by atoms with Crippen LogP contribution in [0.25, 0.3) is 27.8 Å². The lowest BCUT2D eigenvalue weighted by Gasteiger charge is -2.24. The predicted octanol–water partition coefficient (Wildman–Crippen LogP) is 8.50. The highest BCUT2D eigenvalue weighted by Gasteiger charge is 2.24. The molecule has 1 aliphatic rings. The summed E-state index contributed by atoms with van der Waals surface area (Å²) in [5.41, 5.74) is 6.23. The van der Waals surface area contributed by atoms with E-state index in [9.17, 15) is 10.2 Å². The molecule has 0 aromatic heterocycles. The van der Waals surface area contributed by atoms with Gasteiger partial charge in [0.1, 0.15) is 11.5 Å². The number of para-hydroxylation sites is 1. The van der Waals surface area contributed by atoms with Gasteiger partial charge in [-0.25, -0.2) is 0 Å². The molecule has 6 rings (SSSR count). The molecule has 0 bridgehead atoms. The van der Waals surface area contributed by atoms with Crippen LogP contribution in [-0.4, -0.2) is 51.6 Å². The highest BCUT2D eigenvalue weighted by molar-refractivity contribution is 5.77. The Kier molecular flexibility index (Phi) is 12.9. The maximum atomic E-state index is 11.1. The third-order valence-corrected chi connectivity index (χ3v) is 8.72.